The summed E-state index contributed by atoms with van der Waals surface area (Å²) in [4.78, 5) is 14.0. The molecular weight excluding hydrogens is 321 g/mol. The van der Waals surface area contributed by atoms with Gasteiger partial charge in [0.2, 0.25) is 0 Å². The quantitative estimate of drug-likeness (QED) is 0.844. The van der Waals surface area contributed by atoms with E-state index in [1.165, 1.54) is 6.07 Å². The summed E-state index contributed by atoms with van der Waals surface area (Å²) in [5.41, 5.74) is 3.33. The molecule has 0 aliphatic carbocycles. The van der Waals surface area contributed by atoms with E-state index < -0.39 is 0 Å². The summed E-state index contributed by atoms with van der Waals surface area (Å²) < 4.78 is 19.7. The lowest BCUT2D eigenvalue weighted by Gasteiger charge is -2.29. The molecule has 0 spiro atoms. The minimum atomic E-state index is -0.290. The Labute approximate surface area is 145 Å². The van der Waals surface area contributed by atoms with Crippen LogP contribution in [0.1, 0.15) is 5.56 Å². The zero-order valence-electron chi connectivity index (χ0n) is 13.6. The summed E-state index contributed by atoms with van der Waals surface area (Å²) in [6.45, 7) is 2.59. The number of rotatable bonds is 3. The number of nitrogens with one attached hydrogen (secondary N) is 2. The maximum absolute atomic E-state index is 14.4. The van der Waals surface area contributed by atoms with Gasteiger partial charge in [0.05, 0.1) is 24.5 Å². The van der Waals surface area contributed by atoms with Gasteiger partial charge in [-0.1, -0.05) is 18.2 Å². The Hall–Kier alpha value is -2.86. The third-order valence-electron chi connectivity index (χ3n) is 4.39. The van der Waals surface area contributed by atoms with Gasteiger partial charge in [0.1, 0.15) is 5.82 Å². The third kappa shape index (κ3) is 3.08. The molecule has 6 heteroatoms. The number of benzene rings is 2. The first-order valence-electron chi connectivity index (χ1n) is 8.22. The van der Waals surface area contributed by atoms with Gasteiger partial charge >= 0.3 is 0 Å². The van der Waals surface area contributed by atoms with Crippen LogP contribution in [0.3, 0.4) is 0 Å². The Morgan fingerprint density at radius 1 is 1.16 bits per heavy atom. The Balaban J connectivity index is 1.54. The zero-order valence-corrected chi connectivity index (χ0v) is 13.6. The highest BCUT2D eigenvalue weighted by Crippen LogP contribution is 2.31. The highest BCUT2D eigenvalue weighted by molar-refractivity contribution is 6.31. The van der Waals surface area contributed by atoms with Gasteiger partial charge in [-0.3, -0.25) is 4.79 Å². The smallest absolute Gasteiger partial charge is 0.257 e. The highest BCUT2D eigenvalue weighted by Gasteiger charge is 2.23. The molecule has 0 aromatic heterocycles. The van der Waals surface area contributed by atoms with Crippen molar-refractivity contribution in [1.82, 2.24) is 0 Å². The average molecular weight is 339 g/mol. The molecule has 2 aliphatic rings. The van der Waals surface area contributed by atoms with Crippen molar-refractivity contribution in [2.45, 2.75) is 0 Å². The molecule has 1 saturated heterocycles. The van der Waals surface area contributed by atoms with Crippen LogP contribution in [-0.2, 0) is 9.53 Å². The van der Waals surface area contributed by atoms with Crippen LogP contribution >= 0.6 is 0 Å². The molecule has 2 heterocycles. The number of hydrogen-bond donors (Lipinski definition) is 2. The molecule has 0 atom stereocenters. The summed E-state index contributed by atoms with van der Waals surface area (Å²) in [6.07, 6.45) is 1.62. The lowest BCUT2D eigenvalue weighted by atomic mass is 10.1. The van der Waals surface area contributed by atoms with Gasteiger partial charge in [-0.15, -0.1) is 0 Å². The standard InChI is InChI=1S/C19H18FN3O2/c20-16-11-13(5-6-18(16)23-7-9-25-10-8-23)21-12-15-14-3-1-2-4-17(14)22-19(15)24/h1-6,11-12,21H,7-10H2,(H,22,24)/b15-12+. The number of para-hydroxylation sites is 1. The number of morpholine rings is 1. The van der Waals surface area contributed by atoms with Crippen LogP contribution in [0.5, 0.6) is 0 Å². The van der Waals surface area contributed by atoms with E-state index in [4.69, 9.17) is 4.74 Å². The molecule has 2 aromatic carbocycles. The number of halogens is 1. The predicted molar refractivity (Wildman–Crippen MR) is 96.1 cm³/mol. The molecule has 4 rings (SSSR count). The number of anilines is 3. The molecule has 0 bridgehead atoms. The number of fused-ring (bicyclic) bond motifs is 1. The summed E-state index contributed by atoms with van der Waals surface area (Å²) in [5.74, 6) is -0.458. The second-order valence-corrected chi connectivity index (χ2v) is 5.97. The highest BCUT2D eigenvalue weighted by atomic mass is 19.1. The van der Waals surface area contributed by atoms with Gasteiger partial charge in [0.15, 0.2) is 0 Å². The minimum absolute atomic E-state index is 0.167. The van der Waals surface area contributed by atoms with Crippen molar-refractivity contribution < 1.29 is 13.9 Å². The lowest BCUT2D eigenvalue weighted by molar-refractivity contribution is -0.110. The molecule has 25 heavy (non-hydrogen) atoms. The number of nitrogens with zero attached hydrogens (tertiary/aromatic N) is 1. The van der Waals surface area contributed by atoms with Crippen molar-refractivity contribution in [3.63, 3.8) is 0 Å². The Morgan fingerprint density at radius 2 is 1.96 bits per heavy atom. The van der Waals surface area contributed by atoms with E-state index >= 15 is 0 Å². The number of carbonyl (C=O) groups is 1. The molecule has 1 amide bonds. The predicted octanol–water partition coefficient (Wildman–Crippen LogP) is 3.07. The number of ether oxygens (including phenoxy) is 1. The number of carbonyl (C=O) groups excluding carboxylic acids is 1. The number of amides is 1. The fourth-order valence-corrected chi connectivity index (χ4v) is 3.10. The van der Waals surface area contributed by atoms with Crippen LogP contribution < -0.4 is 15.5 Å². The van der Waals surface area contributed by atoms with Gasteiger partial charge in [0.25, 0.3) is 5.91 Å². The van der Waals surface area contributed by atoms with E-state index in [9.17, 15) is 9.18 Å². The molecule has 0 unspecified atom stereocenters. The maximum Gasteiger partial charge on any atom is 0.257 e. The monoisotopic (exact) mass is 339 g/mol. The van der Waals surface area contributed by atoms with Gasteiger partial charge in [-0.2, -0.15) is 0 Å². The minimum Gasteiger partial charge on any atom is -0.378 e. The van der Waals surface area contributed by atoms with Crippen LogP contribution in [0, 0.1) is 5.82 Å². The first-order valence-corrected chi connectivity index (χ1v) is 8.22. The van der Waals surface area contributed by atoms with E-state index in [-0.39, 0.29) is 11.7 Å². The van der Waals surface area contributed by atoms with E-state index in [1.807, 2.05) is 35.2 Å². The molecule has 5 nitrogen and oxygen atoms in total. The van der Waals surface area contributed by atoms with Crippen LogP contribution in [-0.4, -0.2) is 32.2 Å². The lowest BCUT2D eigenvalue weighted by Crippen LogP contribution is -2.36. The molecular formula is C19H18FN3O2. The van der Waals surface area contributed by atoms with Gasteiger partial charge in [-0.05, 0) is 24.3 Å². The summed E-state index contributed by atoms with van der Waals surface area (Å²) in [7, 11) is 0. The van der Waals surface area contributed by atoms with Crippen LogP contribution in [0.4, 0.5) is 21.5 Å². The average Bonchev–Trinajstić information content (AvgIpc) is 2.96. The molecule has 0 radical (unpaired) electrons. The maximum atomic E-state index is 14.4. The Kier molecular flexibility index (Phi) is 4.11. The molecule has 1 fully saturated rings. The van der Waals surface area contributed by atoms with E-state index in [0.29, 0.717) is 43.3 Å². The van der Waals surface area contributed by atoms with Crippen molar-refractivity contribution in [1.29, 1.82) is 0 Å². The Morgan fingerprint density at radius 3 is 2.76 bits per heavy atom. The van der Waals surface area contributed by atoms with Gasteiger partial charge < -0.3 is 20.3 Å². The van der Waals surface area contributed by atoms with Gasteiger partial charge in [-0.25, -0.2) is 4.39 Å². The summed E-state index contributed by atoms with van der Waals surface area (Å²) in [5, 5.41) is 5.83. The fraction of sp³-hybridized carbons (Fsp3) is 0.211. The van der Waals surface area contributed by atoms with Gasteiger partial charge in [0, 0.05) is 36.2 Å². The van der Waals surface area contributed by atoms with Crippen molar-refractivity contribution in [2.24, 2.45) is 0 Å². The first kappa shape index (κ1) is 15.7. The van der Waals surface area contributed by atoms with Crippen molar-refractivity contribution >= 4 is 28.5 Å². The van der Waals surface area contributed by atoms with Crippen LogP contribution in [0.15, 0.2) is 48.7 Å². The first-order chi connectivity index (χ1) is 12.2. The number of hydrogen-bond acceptors (Lipinski definition) is 4. The Bertz CT molecular complexity index is 844. The summed E-state index contributed by atoms with van der Waals surface area (Å²) in [6, 6.07) is 12.5. The van der Waals surface area contributed by atoms with Crippen molar-refractivity contribution in [3.8, 4) is 0 Å². The summed E-state index contributed by atoms with van der Waals surface area (Å²) >= 11 is 0. The molecule has 2 aromatic rings. The second-order valence-electron chi connectivity index (χ2n) is 5.97. The zero-order chi connectivity index (χ0) is 17.2. The third-order valence-corrected chi connectivity index (χ3v) is 4.39. The normalized spacial score (nSPS) is 18.2. The molecule has 0 saturated carbocycles. The fourth-order valence-electron chi connectivity index (χ4n) is 3.10. The topological polar surface area (TPSA) is 53.6 Å². The largest absolute Gasteiger partial charge is 0.378 e. The van der Waals surface area contributed by atoms with E-state index in [1.54, 1.807) is 12.3 Å². The second kappa shape index (κ2) is 6.57. The van der Waals surface area contributed by atoms with Crippen molar-refractivity contribution in [3.05, 3.63) is 60.0 Å². The SMILES string of the molecule is O=C1Nc2ccccc2/C1=C\Nc1ccc(N2CCOCC2)c(F)c1. The molecule has 2 aliphatic heterocycles. The van der Waals surface area contributed by atoms with Crippen LogP contribution in [0.25, 0.3) is 5.57 Å². The molecule has 128 valence electrons. The van der Waals surface area contributed by atoms with E-state index in [0.717, 1.165) is 11.3 Å². The van der Waals surface area contributed by atoms with Crippen molar-refractivity contribution in [2.75, 3.05) is 41.8 Å². The van der Waals surface area contributed by atoms with E-state index in [2.05, 4.69) is 10.6 Å². The van der Waals surface area contributed by atoms with Crippen LogP contribution in [0.2, 0.25) is 0 Å². The molecule has 2 N–H and O–H groups in total.